The molecule has 1 saturated heterocycles. The Morgan fingerprint density at radius 1 is 0.931 bits per heavy atom. The van der Waals surface area contributed by atoms with Gasteiger partial charge in [0.25, 0.3) is 0 Å². The summed E-state index contributed by atoms with van der Waals surface area (Å²) in [6, 6.07) is 24.1. The number of nitrogens with one attached hydrogen (secondary N) is 1. The van der Waals surface area contributed by atoms with Crippen molar-refractivity contribution in [3.8, 4) is 0 Å². The summed E-state index contributed by atoms with van der Waals surface area (Å²) in [6.45, 7) is 8.14. The number of para-hydroxylation sites is 1. The third kappa shape index (κ3) is 3.86. The summed E-state index contributed by atoms with van der Waals surface area (Å²) in [6.07, 6.45) is 3.38. The van der Waals surface area contributed by atoms with Gasteiger partial charge in [-0.15, -0.1) is 0 Å². The number of hydrogen-bond acceptors (Lipinski definition) is 2. The van der Waals surface area contributed by atoms with Crippen LogP contribution in [0.4, 0.5) is 11.4 Å². The molecular weight excluding hydrogens is 352 g/mol. The number of hydrogen-bond donors (Lipinski definition) is 1. The van der Waals surface area contributed by atoms with Crippen molar-refractivity contribution in [1.29, 1.82) is 0 Å². The highest BCUT2D eigenvalue weighted by molar-refractivity contribution is 5.90. The predicted molar refractivity (Wildman–Crippen MR) is 123 cm³/mol. The van der Waals surface area contributed by atoms with Gasteiger partial charge in [0.1, 0.15) is 0 Å². The van der Waals surface area contributed by atoms with Gasteiger partial charge in [-0.05, 0) is 76.9 Å². The van der Waals surface area contributed by atoms with E-state index in [0.29, 0.717) is 0 Å². The zero-order valence-corrected chi connectivity index (χ0v) is 17.3. The van der Waals surface area contributed by atoms with E-state index in [0.717, 1.165) is 30.3 Å². The van der Waals surface area contributed by atoms with E-state index >= 15 is 0 Å². The normalized spacial score (nSPS) is 16.3. The number of fused-ring (bicyclic) bond motifs is 1. The first-order chi connectivity index (χ1) is 14.1. The first-order valence-corrected chi connectivity index (χ1v) is 10.6. The Bertz CT molecular complexity index is 1060. The highest BCUT2D eigenvalue weighted by atomic mass is 15.2. The smallest absolute Gasteiger partial charge is 0.0390 e. The third-order valence-corrected chi connectivity index (χ3v) is 6.10. The number of nitrogens with zero attached hydrogens (tertiary/aromatic N) is 1. The Morgan fingerprint density at radius 2 is 1.76 bits per heavy atom. The summed E-state index contributed by atoms with van der Waals surface area (Å²) >= 11 is 0. The van der Waals surface area contributed by atoms with Crippen molar-refractivity contribution >= 4 is 23.0 Å². The van der Waals surface area contributed by atoms with Crippen molar-refractivity contribution in [2.45, 2.75) is 26.8 Å². The van der Waals surface area contributed by atoms with Gasteiger partial charge in [0, 0.05) is 31.0 Å². The van der Waals surface area contributed by atoms with Gasteiger partial charge in [0.05, 0.1) is 0 Å². The molecule has 146 valence electrons. The topological polar surface area (TPSA) is 15.3 Å². The maximum Gasteiger partial charge on any atom is 0.0390 e. The van der Waals surface area contributed by atoms with Crippen LogP contribution in [-0.2, 0) is 13.0 Å². The molecule has 0 bridgehead atoms. The molecule has 0 spiro atoms. The maximum atomic E-state index is 3.51. The van der Waals surface area contributed by atoms with Crippen LogP contribution in [0.25, 0.3) is 11.6 Å². The first kappa shape index (κ1) is 18.2. The average molecular weight is 381 g/mol. The van der Waals surface area contributed by atoms with Crippen molar-refractivity contribution in [1.82, 2.24) is 4.90 Å². The molecule has 3 aromatic rings. The zero-order valence-electron chi connectivity index (χ0n) is 17.3. The van der Waals surface area contributed by atoms with Crippen LogP contribution in [-0.4, -0.2) is 18.0 Å². The highest BCUT2D eigenvalue weighted by Crippen LogP contribution is 2.35. The van der Waals surface area contributed by atoms with Crippen LogP contribution >= 0.6 is 0 Å². The van der Waals surface area contributed by atoms with Crippen molar-refractivity contribution < 1.29 is 0 Å². The molecule has 0 aromatic heterocycles. The molecule has 0 unspecified atom stereocenters. The molecule has 0 amide bonds. The first-order valence-electron chi connectivity index (χ1n) is 10.6. The summed E-state index contributed by atoms with van der Waals surface area (Å²) in [5, 5.41) is 3.51. The fraction of sp³-hybridized carbons (Fsp3) is 0.259. The molecule has 1 aliphatic heterocycles. The second-order valence-corrected chi connectivity index (χ2v) is 8.70. The van der Waals surface area contributed by atoms with Crippen molar-refractivity contribution in [3.63, 3.8) is 0 Å². The van der Waals surface area contributed by atoms with Gasteiger partial charge in [-0.25, -0.2) is 0 Å². The molecule has 0 saturated carbocycles. The fourth-order valence-corrected chi connectivity index (χ4v) is 4.67. The predicted octanol–water partition coefficient (Wildman–Crippen LogP) is 6.29. The molecule has 29 heavy (non-hydrogen) atoms. The Balaban J connectivity index is 1.33. The van der Waals surface area contributed by atoms with Crippen LogP contribution in [0, 0.1) is 12.8 Å². The lowest BCUT2D eigenvalue weighted by Gasteiger charge is -2.37. The molecule has 1 N–H and O–H groups in total. The van der Waals surface area contributed by atoms with Gasteiger partial charge >= 0.3 is 0 Å². The molecule has 1 heterocycles. The second-order valence-electron chi connectivity index (χ2n) is 8.70. The van der Waals surface area contributed by atoms with E-state index in [1.807, 2.05) is 6.07 Å². The van der Waals surface area contributed by atoms with Gasteiger partial charge in [-0.2, -0.15) is 0 Å². The van der Waals surface area contributed by atoms with Crippen LogP contribution in [0.5, 0.6) is 0 Å². The molecule has 1 fully saturated rings. The number of likely N-dealkylation sites (tertiary alicyclic amines) is 1. The van der Waals surface area contributed by atoms with Crippen molar-refractivity contribution in [2.75, 3.05) is 18.4 Å². The van der Waals surface area contributed by atoms with Gasteiger partial charge in [-0.1, -0.05) is 55.5 Å². The Morgan fingerprint density at radius 3 is 2.52 bits per heavy atom. The molecule has 2 heteroatoms. The number of aryl methyl sites for hydroxylation is 1. The van der Waals surface area contributed by atoms with Crippen LogP contribution in [0.2, 0.25) is 0 Å². The van der Waals surface area contributed by atoms with Crippen molar-refractivity contribution in [3.05, 3.63) is 94.5 Å². The second kappa shape index (κ2) is 7.53. The monoisotopic (exact) mass is 380 g/mol. The minimum Gasteiger partial charge on any atom is -0.356 e. The minimum absolute atomic E-state index is 0.860. The summed E-state index contributed by atoms with van der Waals surface area (Å²) < 4.78 is 0. The number of allylic oxidation sites excluding steroid dienone is 1. The molecule has 0 atom stereocenters. The lowest BCUT2D eigenvalue weighted by molar-refractivity contribution is 0.105. The van der Waals surface area contributed by atoms with E-state index in [1.54, 1.807) is 0 Å². The fourth-order valence-electron chi connectivity index (χ4n) is 4.67. The average Bonchev–Trinajstić information content (AvgIpc) is 3.11. The molecule has 5 rings (SSSR count). The van der Waals surface area contributed by atoms with Crippen molar-refractivity contribution in [2.24, 2.45) is 5.92 Å². The van der Waals surface area contributed by atoms with Crippen LogP contribution < -0.4 is 5.32 Å². The third-order valence-electron chi connectivity index (χ3n) is 6.10. The summed E-state index contributed by atoms with van der Waals surface area (Å²) in [5.74, 6) is 0.860. The largest absolute Gasteiger partial charge is 0.356 e. The molecule has 2 nitrogen and oxygen atoms in total. The van der Waals surface area contributed by atoms with E-state index < -0.39 is 0 Å². The summed E-state index contributed by atoms with van der Waals surface area (Å²) in [7, 11) is 0. The Hall–Kier alpha value is -2.84. The van der Waals surface area contributed by atoms with Gasteiger partial charge in [0.2, 0.25) is 0 Å². The van der Waals surface area contributed by atoms with Crippen LogP contribution in [0.3, 0.4) is 0 Å². The molecule has 2 aliphatic rings. The SMILES string of the molecule is Cc1cc(CN2CC(C)C2)ccc1C1=Cc2cc(Nc3ccccc3)ccc2C1. The van der Waals surface area contributed by atoms with Crippen LogP contribution in [0.1, 0.15) is 34.7 Å². The highest BCUT2D eigenvalue weighted by Gasteiger charge is 2.22. The van der Waals surface area contributed by atoms with E-state index in [4.69, 9.17) is 0 Å². The van der Waals surface area contributed by atoms with E-state index in [2.05, 4.69) is 90.8 Å². The molecule has 3 aromatic carbocycles. The van der Waals surface area contributed by atoms with Crippen LogP contribution in [0.15, 0.2) is 66.7 Å². The maximum absolute atomic E-state index is 3.51. The minimum atomic E-state index is 0.860. The Labute approximate surface area is 173 Å². The quantitative estimate of drug-likeness (QED) is 0.560. The lowest BCUT2D eigenvalue weighted by atomic mass is 9.96. The molecular formula is C27H28N2. The van der Waals surface area contributed by atoms with E-state index in [-0.39, 0.29) is 0 Å². The van der Waals surface area contributed by atoms with Gasteiger partial charge in [0.15, 0.2) is 0 Å². The van der Waals surface area contributed by atoms with E-state index in [9.17, 15) is 0 Å². The summed E-state index contributed by atoms with van der Waals surface area (Å²) in [4.78, 5) is 2.53. The molecule has 0 radical (unpaired) electrons. The number of benzene rings is 3. The molecule has 1 aliphatic carbocycles. The van der Waals surface area contributed by atoms with E-state index in [1.165, 1.54) is 46.5 Å². The van der Waals surface area contributed by atoms with Gasteiger partial charge in [-0.3, -0.25) is 4.90 Å². The number of rotatable bonds is 5. The zero-order chi connectivity index (χ0) is 19.8. The number of anilines is 2. The summed E-state index contributed by atoms with van der Waals surface area (Å²) in [5.41, 5.74) is 10.6. The standard InChI is InChI=1S/C27H28N2/c1-19-16-29(17-19)18-21-8-11-27(20(2)12-21)24-13-22-9-10-26(15-23(22)14-24)28-25-6-4-3-5-7-25/h3-12,14-15,19,28H,13,16-18H2,1-2H3. The Kier molecular flexibility index (Phi) is 4.73. The lowest BCUT2D eigenvalue weighted by Crippen LogP contribution is -2.44. The van der Waals surface area contributed by atoms with Gasteiger partial charge < -0.3 is 5.32 Å².